The first-order valence-corrected chi connectivity index (χ1v) is 3.12. The van der Waals surface area contributed by atoms with Crippen LogP contribution in [-0.2, 0) is 9.53 Å². The van der Waals surface area contributed by atoms with Crippen LogP contribution in [0, 0.1) is 0 Å². The van der Waals surface area contributed by atoms with Crippen molar-refractivity contribution in [3.63, 3.8) is 0 Å². The van der Waals surface area contributed by atoms with Crippen LogP contribution in [-0.4, -0.2) is 53.6 Å². The molecule has 0 aliphatic carbocycles. The molecule has 5 heteroatoms. The predicted molar refractivity (Wildman–Crippen MR) is 36.0 cm³/mol. The molecule has 0 aromatic rings. The minimum Gasteiger partial charge on any atom is -0.388 e. The smallest absolute Gasteiger partial charge is 0.151 e. The Balaban J connectivity index is 3.79. The summed E-state index contributed by atoms with van der Waals surface area (Å²) in [5, 5.41) is 26.5. The molecule has 0 amide bonds. The van der Waals surface area contributed by atoms with Gasteiger partial charge >= 0.3 is 0 Å². The third-order valence-corrected chi connectivity index (χ3v) is 1.22. The van der Waals surface area contributed by atoms with E-state index < -0.39 is 18.3 Å². The van der Waals surface area contributed by atoms with E-state index in [1.165, 1.54) is 7.11 Å². The van der Waals surface area contributed by atoms with Gasteiger partial charge in [0.05, 0.1) is 6.61 Å². The Bertz CT molecular complexity index is 116. The molecule has 0 aromatic carbocycles. The van der Waals surface area contributed by atoms with E-state index in [2.05, 4.69) is 4.74 Å². The Labute approximate surface area is 64.2 Å². The van der Waals surface area contributed by atoms with Crippen molar-refractivity contribution in [3.8, 4) is 0 Å². The van der Waals surface area contributed by atoms with E-state index in [0.29, 0.717) is 0 Å². The molecule has 0 saturated carbocycles. The van der Waals surface area contributed by atoms with Crippen molar-refractivity contribution < 1.29 is 24.9 Å². The van der Waals surface area contributed by atoms with Gasteiger partial charge < -0.3 is 24.9 Å². The third-order valence-electron chi connectivity index (χ3n) is 1.22. The number of ether oxygens (including phenoxy) is 1. The van der Waals surface area contributed by atoms with Gasteiger partial charge in [0, 0.05) is 7.11 Å². The highest BCUT2D eigenvalue weighted by atomic mass is 16.5. The number of aliphatic hydroxyl groups excluding tert-OH is 3. The van der Waals surface area contributed by atoms with E-state index in [0.717, 1.165) is 0 Å². The number of carbonyl (C=O) groups is 1. The van der Waals surface area contributed by atoms with E-state index in [1.807, 2.05) is 0 Å². The summed E-state index contributed by atoms with van der Waals surface area (Å²) in [6.45, 7) is -0.119. The maximum Gasteiger partial charge on any atom is 0.151 e. The first-order chi connectivity index (χ1) is 5.13. The monoisotopic (exact) mass is 164 g/mol. The van der Waals surface area contributed by atoms with Gasteiger partial charge in [-0.25, -0.2) is 0 Å². The van der Waals surface area contributed by atoms with Crippen LogP contribution in [0.2, 0.25) is 0 Å². The van der Waals surface area contributed by atoms with E-state index in [1.54, 1.807) is 0 Å². The predicted octanol–water partition coefficient (Wildman–Crippen LogP) is -2.09. The summed E-state index contributed by atoms with van der Waals surface area (Å²) in [7, 11) is 1.34. The van der Waals surface area contributed by atoms with Gasteiger partial charge in [-0.15, -0.1) is 0 Å². The summed E-state index contributed by atoms with van der Waals surface area (Å²) in [6, 6.07) is 0. The second-order valence-corrected chi connectivity index (χ2v) is 2.14. The highest BCUT2D eigenvalue weighted by molar-refractivity contribution is 5.56. The Kier molecular flexibility index (Phi) is 4.97. The van der Waals surface area contributed by atoms with Crippen molar-refractivity contribution in [2.75, 3.05) is 13.7 Å². The van der Waals surface area contributed by atoms with Gasteiger partial charge in [0.2, 0.25) is 0 Å². The molecule has 0 spiro atoms. The molecule has 3 atom stereocenters. The number of hydrogen-bond donors (Lipinski definition) is 3. The second kappa shape index (κ2) is 5.20. The molecule has 0 fully saturated rings. The molecule has 0 aliphatic rings. The molecule has 3 N–H and O–H groups in total. The molecule has 0 bridgehead atoms. The second-order valence-electron chi connectivity index (χ2n) is 2.14. The lowest BCUT2D eigenvalue weighted by molar-refractivity contribution is -0.128. The summed E-state index contributed by atoms with van der Waals surface area (Å²) in [4.78, 5) is 9.89. The quantitative estimate of drug-likeness (QED) is 0.406. The van der Waals surface area contributed by atoms with Crippen LogP contribution in [0.15, 0.2) is 0 Å². The van der Waals surface area contributed by atoms with Crippen LogP contribution in [0.25, 0.3) is 0 Å². The molecule has 0 aromatic heterocycles. The van der Waals surface area contributed by atoms with E-state index >= 15 is 0 Å². The Hall–Kier alpha value is -0.490. The number of rotatable bonds is 5. The minimum absolute atomic E-state index is 0.119. The van der Waals surface area contributed by atoms with Crippen LogP contribution < -0.4 is 0 Å². The van der Waals surface area contributed by atoms with Gasteiger partial charge in [0.1, 0.15) is 18.3 Å². The minimum atomic E-state index is -1.56. The highest BCUT2D eigenvalue weighted by Crippen LogP contribution is 1.98. The number of carbonyl (C=O) groups excluding carboxylic acids is 1. The number of methoxy groups -OCH3 is 1. The summed E-state index contributed by atoms with van der Waals surface area (Å²) < 4.78 is 4.48. The zero-order chi connectivity index (χ0) is 8.85. The van der Waals surface area contributed by atoms with Gasteiger partial charge in [-0.05, 0) is 0 Å². The molecular weight excluding hydrogens is 152 g/mol. The lowest BCUT2D eigenvalue weighted by Crippen LogP contribution is -2.40. The lowest BCUT2D eigenvalue weighted by atomic mass is 10.1. The average molecular weight is 164 g/mol. The van der Waals surface area contributed by atoms with Crippen molar-refractivity contribution in [1.82, 2.24) is 0 Å². The fraction of sp³-hybridized carbons (Fsp3) is 0.833. The van der Waals surface area contributed by atoms with Crippen LogP contribution in [0.3, 0.4) is 0 Å². The third kappa shape index (κ3) is 3.43. The van der Waals surface area contributed by atoms with Crippen LogP contribution in [0.1, 0.15) is 0 Å². The first-order valence-electron chi connectivity index (χ1n) is 3.12. The zero-order valence-electron chi connectivity index (χ0n) is 6.17. The Morgan fingerprint density at radius 3 is 2.36 bits per heavy atom. The maximum absolute atomic E-state index is 9.89. The molecule has 0 rings (SSSR count). The number of aliphatic hydroxyl groups is 3. The van der Waals surface area contributed by atoms with Crippen molar-refractivity contribution in [1.29, 1.82) is 0 Å². The largest absolute Gasteiger partial charge is 0.388 e. The van der Waals surface area contributed by atoms with Gasteiger partial charge in [0.25, 0.3) is 0 Å². The fourth-order valence-corrected chi connectivity index (χ4v) is 0.577. The SMILES string of the molecule is COCC(O)C(O)C(O)C=O. The molecule has 0 saturated heterocycles. The van der Waals surface area contributed by atoms with Crippen molar-refractivity contribution in [3.05, 3.63) is 0 Å². The topological polar surface area (TPSA) is 87.0 Å². The Morgan fingerprint density at radius 2 is 2.00 bits per heavy atom. The normalized spacial score (nSPS) is 18.9. The van der Waals surface area contributed by atoms with Crippen molar-refractivity contribution in [2.45, 2.75) is 18.3 Å². The number of hydrogen-bond acceptors (Lipinski definition) is 5. The van der Waals surface area contributed by atoms with Gasteiger partial charge in [-0.3, -0.25) is 0 Å². The first kappa shape index (κ1) is 10.5. The molecule has 0 aliphatic heterocycles. The van der Waals surface area contributed by atoms with Crippen molar-refractivity contribution >= 4 is 6.29 Å². The van der Waals surface area contributed by atoms with Crippen LogP contribution in [0.5, 0.6) is 0 Å². The lowest BCUT2D eigenvalue weighted by Gasteiger charge is -2.17. The van der Waals surface area contributed by atoms with Gasteiger partial charge in [-0.2, -0.15) is 0 Å². The molecule has 5 nitrogen and oxygen atoms in total. The summed E-state index contributed by atoms with van der Waals surface area (Å²) in [6.07, 6.45) is -4.11. The van der Waals surface area contributed by atoms with Crippen molar-refractivity contribution in [2.24, 2.45) is 0 Å². The average Bonchev–Trinajstić information content (AvgIpc) is 2.02. The van der Waals surface area contributed by atoms with E-state index in [-0.39, 0.29) is 12.9 Å². The summed E-state index contributed by atoms with van der Waals surface area (Å²) in [5.41, 5.74) is 0. The molecule has 66 valence electrons. The highest BCUT2D eigenvalue weighted by Gasteiger charge is 2.23. The Morgan fingerprint density at radius 1 is 1.45 bits per heavy atom. The maximum atomic E-state index is 9.89. The number of aldehydes is 1. The van der Waals surface area contributed by atoms with Crippen LogP contribution >= 0.6 is 0 Å². The van der Waals surface area contributed by atoms with E-state index in [9.17, 15) is 4.79 Å². The molecule has 3 unspecified atom stereocenters. The van der Waals surface area contributed by atoms with E-state index in [4.69, 9.17) is 15.3 Å². The van der Waals surface area contributed by atoms with Gasteiger partial charge in [-0.1, -0.05) is 0 Å². The zero-order valence-corrected chi connectivity index (χ0v) is 6.17. The van der Waals surface area contributed by atoms with Crippen LogP contribution in [0.4, 0.5) is 0 Å². The molecule has 11 heavy (non-hydrogen) atoms. The summed E-state index contributed by atoms with van der Waals surface area (Å²) in [5.74, 6) is 0. The summed E-state index contributed by atoms with van der Waals surface area (Å²) >= 11 is 0. The molecular formula is C6H12O5. The van der Waals surface area contributed by atoms with Gasteiger partial charge in [0.15, 0.2) is 6.29 Å². The molecule has 0 radical (unpaired) electrons. The standard InChI is InChI=1S/C6H12O5/c1-11-3-5(9)6(10)4(8)2-7/h2,4-6,8-10H,3H2,1H3. The molecule has 0 heterocycles. The fourth-order valence-electron chi connectivity index (χ4n) is 0.577.